The molecule has 0 aliphatic heterocycles. The van der Waals surface area contributed by atoms with Crippen LogP contribution in [0.25, 0.3) is 0 Å². The molecule has 0 saturated heterocycles. The zero-order valence-corrected chi connectivity index (χ0v) is 11.1. The van der Waals surface area contributed by atoms with E-state index in [1.54, 1.807) is 11.8 Å². The molecule has 1 unspecified atom stereocenters. The summed E-state index contributed by atoms with van der Waals surface area (Å²) in [6.07, 6.45) is 0. The summed E-state index contributed by atoms with van der Waals surface area (Å²) in [6, 6.07) is 6.31. The second-order valence-corrected chi connectivity index (χ2v) is 5.72. The Bertz CT molecular complexity index is 367. The van der Waals surface area contributed by atoms with Crippen LogP contribution < -0.4 is 5.73 Å². The monoisotopic (exact) mass is 237 g/mol. The van der Waals surface area contributed by atoms with E-state index in [2.05, 4.69) is 32.0 Å². The number of primary amides is 1. The highest BCUT2D eigenvalue weighted by atomic mass is 32.2. The van der Waals surface area contributed by atoms with Crippen molar-refractivity contribution >= 4 is 17.7 Å². The van der Waals surface area contributed by atoms with Gasteiger partial charge in [0.25, 0.3) is 0 Å². The molecule has 3 heteroatoms. The van der Waals surface area contributed by atoms with Crippen molar-refractivity contribution in [2.75, 3.05) is 0 Å². The molecular formula is C13H19NOS. The summed E-state index contributed by atoms with van der Waals surface area (Å²) < 4.78 is 0. The molecule has 2 N–H and O–H groups in total. The van der Waals surface area contributed by atoms with Gasteiger partial charge in [-0.3, -0.25) is 4.79 Å². The van der Waals surface area contributed by atoms with Gasteiger partial charge in [-0.05, 0) is 43.0 Å². The summed E-state index contributed by atoms with van der Waals surface area (Å²) >= 11 is 1.56. The van der Waals surface area contributed by atoms with Gasteiger partial charge in [-0.15, -0.1) is 11.8 Å². The van der Waals surface area contributed by atoms with Crippen LogP contribution in [0.15, 0.2) is 23.1 Å². The molecule has 2 nitrogen and oxygen atoms in total. The first kappa shape index (κ1) is 13.1. The minimum Gasteiger partial charge on any atom is -0.369 e. The summed E-state index contributed by atoms with van der Waals surface area (Å²) in [5.41, 5.74) is 7.84. The van der Waals surface area contributed by atoms with E-state index >= 15 is 0 Å². The average molecular weight is 237 g/mol. The molecule has 0 aliphatic rings. The lowest BCUT2D eigenvalue weighted by atomic mass is 10.1. The molecule has 0 radical (unpaired) electrons. The van der Waals surface area contributed by atoms with E-state index in [0.717, 1.165) is 4.90 Å². The van der Waals surface area contributed by atoms with Crippen LogP contribution in [0, 0.1) is 19.8 Å². The Labute approximate surface area is 102 Å². The topological polar surface area (TPSA) is 43.1 Å². The van der Waals surface area contributed by atoms with Gasteiger partial charge in [0.05, 0.1) is 5.25 Å². The number of carbonyl (C=O) groups is 1. The normalized spacial score (nSPS) is 12.8. The Morgan fingerprint density at radius 3 is 2.06 bits per heavy atom. The van der Waals surface area contributed by atoms with Crippen molar-refractivity contribution in [1.82, 2.24) is 0 Å². The number of aryl methyl sites for hydroxylation is 2. The Balaban J connectivity index is 2.89. The Kier molecular flexibility index (Phi) is 4.42. The van der Waals surface area contributed by atoms with Crippen molar-refractivity contribution in [3.63, 3.8) is 0 Å². The molecule has 88 valence electrons. The van der Waals surface area contributed by atoms with Gasteiger partial charge in [-0.1, -0.05) is 19.9 Å². The lowest BCUT2D eigenvalue weighted by Gasteiger charge is -2.17. The zero-order chi connectivity index (χ0) is 12.3. The number of hydrogen-bond acceptors (Lipinski definition) is 2. The summed E-state index contributed by atoms with van der Waals surface area (Å²) in [5.74, 6) is 0.0162. The molecule has 0 saturated carbocycles. The number of rotatable bonds is 4. The molecular weight excluding hydrogens is 218 g/mol. The fraction of sp³-hybridized carbons (Fsp3) is 0.462. The van der Waals surface area contributed by atoms with Gasteiger partial charge in [0.15, 0.2) is 0 Å². The first-order valence-corrected chi connectivity index (χ1v) is 6.32. The standard InChI is InChI=1S/C13H19NOS/c1-8(2)12(13(14)15)16-11-6-9(3)5-10(4)7-11/h5-8,12H,1-4H3,(H2,14,15). The minimum absolute atomic E-state index is 0.152. The fourth-order valence-electron chi connectivity index (χ4n) is 1.67. The summed E-state index contributed by atoms with van der Waals surface area (Å²) in [4.78, 5) is 12.4. The van der Waals surface area contributed by atoms with Gasteiger partial charge in [-0.2, -0.15) is 0 Å². The smallest absolute Gasteiger partial charge is 0.231 e. The van der Waals surface area contributed by atoms with Crippen molar-refractivity contribution in [3.8, 4) is 0 Å². The molecule has 1 aromatic carbocycles. The van der Waals surface area contributed by atoms with Gasteiger partial charge in [0.1, 0.15) is 0 Å². The molecule has 0 fully saturated rings. The van der Waals surface area contributed by atoms with Crippen LogP contribution in [-0.2, 0) is 4.79 Å². The quantitative estimate of drug-likeness (QED) is 0.818. The molecule has 1 atom stereocenters. The van der Waals surface area contributed by atoms with Crippen LogP contribution in [0.3, 0.4) is 0 Å². The maximum Gasteiger partial charge on any atom is 0.231 e. The van der Waals surface area contributed by atoms with Crippen LogP contribution in [0.1, 0.15) is 25.0 Å². The highest BCUT2D eigenvalue weighted by Crippen LogP contribution is 2.29. The van der Waals surface area contributed by atoms with Crippen LogP contribution in [0.2, 0.25) is 0 Å². The molecule has 1 rings (SSSR count). The van der Waals surface area contributed by atoms with Crippen molar-refractivity contribution in [3.05, 3.63) is 29.3 Å². The van der Waals surface area contributed by atoms with E-state index in [-0.39, 0.29) is 17.1 Å². The zero-order valence-electron chi connectivity index (χ0n) is 10.3. The number of hydrogen-bond donors (Lipinski definition) is 1. The molecule has 1 amide bonds. The number of benzene rings is 1. The van der Waals surface area contributed by atoms with E-state index < -0.39 is 0 Å². The van der Waals surface area contributed by atoms with E-state index in [0.29, 0.717) is 0 Å². The second kappa shape index (κ2) is 5.39. The maximum absolute atomic E-state index is 11.3. The molecule has 0 heterocycles. The van der Waals surface area contributed by atoms with Gasteiger partial charge in [0, 0.05) is 4.90 Å². The molecule has 0 bridgehead atoms. The van der Waals surface area contributed by atoms with Crippen molar-refractivity contribution in [2.45, 2.75) is 37.8 Å². The molecule has 0 aliphatic carbocycles. The van der Waals surface area contributed by atoms with E-state index in [9.17, 15) is 4.79 Å². The van der Waals surface area contributed by atoms with Gasteiger partial charge < -0.3 is 5.73 Å². The first-order valence-electron chi connectivity index (χ1n) is 5.44. The van der Waals surface area contributed by atoms with Crippen molar-refractivity contribution in [2.24, 2.45) is 11.7 Å². The van der Waals surface area contributed by atoms with E-state index in [1.807, 2.05) is 13.8 Å². The molecule has 0 aromatic heterocycles. The Morgan fingerprint density at radius 2 is 1.69 bits per heavy atom. The summed E-state index contributed by atoms with van der Waals surface area (Å²) in [7, 11) is 0. The number of thioether (sulfide) groups is 1. The number of amides is 1. The molecule has 16 heavy (non-hydrogen) atoms. The molecule has 1 aromatic rings. The predicted octanol–water partition coefficient (Wildman–Crippen LogP) is 2.91. The molecule has 0 spiro atoms. The predicted molar refractivity (Wildman–Crippen MR) is 69.6 cm³/mol. The Hall–Kier alpha value is -0.960. The lowest BCUT2D eigenvalue weighted by Crippen LogP contribution is -2.30. The lowest BCUT2D eigenvalue weighted by molar-refractivity contribution is -0.118. The third-order valence-corrected chi connectivity index (χ3v) is 3.88. The summed E-state index contributed by atoms with van der Waals surface area (Å²) in [6.45, 7) is 8.16. The van der Waals surface area contributed by atoms with Crippen LogP contribution in [0.5, 0.6) is 0 Å². The van der Waals surface area contributed by atoms with Gasteiger partial charge >= 0.3 is 0 Å². The highest BCUT2D eigenvalue weighted by molar-refractivity contribution is 8.00. The van der Waals surface area contributed by atoms with Crippen molar-refractivity contribution in [1.29, 1.82) is 0 Å². The minimum atomic E-state index is -0.237. The van der Waals surface area contributed by atoms with Crippen LogP contribution in [-0.4, -0.2) is 11.2 Å². The second-order valence-electron chi connectivity index (χ2n) is 4.51. The largest absolute Gasteiger partial charge is 0.369 e. The van der Waals surface area contributed by atoms with Gasteiger partial charge in [0.2, 0.25) is 5.91 Å². The summed E-state index contributed by atoms with van der Waals surface area (Å²) in [5, 5.41) is -0.152. The highest BCUT2D eigenvalue weighted by Gasteiger charge is 2.20. The first-order chi connectivity index (χ1) is 7.40. The third kappa shape index (κ3) is 3.56. The number of nitrogens with two attached hydrogens (primary N) is 1. The van der Waals surface area contributed by atoms with E-state index in [4.69, 9.17) is 5.73 Å². The Morgan fingerprint density at radius 1 is 1.19 bits per heavy atom. The number of carbonyl (C=O) groups excluding carboxylic acids is 1. The van der Waals surface area contributed by atoms with Crippen molar-refractivity contribution < 1.29 is 4.79 Å². The van der Waals surface area contributed by atoms with Gasteiger partial charge in [-0.25, -0.2) is 0 Å². The third-order valence-electron chi connectivity index (χ3n) is 2.34. The van der Waals surface area contributed by atoms with Crippen LogP contribution in [0.4, 0.5) is 0 Å². The fourth-order valence-corrected chi connectivity index (χ4v) is 2.86. The average Bonchev–Trinajstić information content (AvgIpc) is 2.11. The SMILES string of the molecule is Cc1cc(C)cc(SC(C(N)=O)C(C)C)c1. The van der Waals surface area contributed by atoms with E-state index in [1.165, 1.54) is 11.1 Å². The van der Waals surface area contributed by atoms with Crippen LogP contribution >= 0.6 is 11.8 Å². The maximum atomic E-state index is 11.3.